The SMILES string of the molecule is CC(C)=CCCC(C)=CCCC(C)=CC(=O)N1CCCC(N(C)C)C1. The molecule has 1 heterocycles. The molecule has 3 nitrogen and oxygen atoms in total. The molecule has 25 heavy (non-hydrogen) atoms. The highest BCUT2D eigenvalue weighted by atomic mass is 16.2. The number of hydrogen-bond donors (Lipinski definition) is 0. The van der Waals surface area contributed by atoms with E-state index in [1.807, 2.05) is 11.0 Å². The Morgan fingerprint density at radius 1 is 1.04 bits per heavy atom. The fourth-order valence-electron chi connectivity index (χ4n) is 3.19. The minimum Gasteiger partial charge on any atom is -0.338 e. The summed E-state index contributed by atoms with van der Waals surface area (Å²) in [7, 11) is 4.21. The van der Waals surface area contributed by atoms with Crippen LogP contribution in [0.4, 0.5) is 0 Å². The first-order valence-corrected chi connectivity index (χ1v) is 9.71. The number of nitrogens with zero attached hydrogens (tertiary/aromatic N) is 2. The number of piperidine rings is 1. The molecule has 0 saturated carbocycles. The van der Waals surface area contributed by atoms with Crippen LogP contribution < -0.4 is 0 Å². The molecule has 1 unspecified atom stereocenters. The molecule has 0 aromatic rings. The van der Waals surface area contributed by atoms with Crippen LogP contribution in [-0.4, -0.2) is 48.9 Å². The zero-order valence-electron chi connectivity index (χ0n) is 17.3. The van der Waals surface area contributed by atoms with Gasteiger partial charge < -0.3 is 9.80 Å². The molecule has 3 heteroatoms. The third-order valence-corrected chi connectivity index (χ3v) is 4.93. The molecule has 1 saturated heterocycles. The Kier molecular flexibility index (Phi) is 9.81. The summed E-state index contributed by atoms with van der Waals surface area (Å²) < 4.78 is 0. The van der Waals surface area contributed by atoms with Gasteiger partial charge in [-0.25, -0.2) is 0 Å². The maximum atomic E-state index is 12.5. The molecule has 0 aliphatic carbocycles. The van der Waals surface area contributed by atoms with Gasteiger partial charge in [-0.3, -0.25) is 4.79 Å². The van der Waals surface area contributed by atoms with Crippen molar-refractivity contribution in [1.82, 2.24) is 9.80 Å². The van der Waals surface area contributed by atoms with E-state index in [1.165, 1.54) is 23.1 Å². The van der Waals surface area contributed by atoms with Crippen LogP contribution in [-0.2, 0) is 4.79 Å². The average Bonchev–Trinajstić information content (AvgIpc) is 2.54. The van der Waals surface area contributed by atoms with E-state index in [0.717, 1.165) is 45.2 Å². The van der Waals surface area contributed by atoms with Crippen LogP contribution >= 0.6 is 0 Å². The standard InChI is InChI=1S/C22H38N2O/c1-18(2)10-7-11-19(3)12-8-13-20(4)16-22(25)24-15-9-14-21(17-24)23(5)6/h10,12,16,21H,7-9,11,13-15,17H2,1-6H3. The summed E-state index contributed by atoms with van der Waals surface area (Å²) in [6.45, 7) is 10.3. The molecule has 1 aliphatic heterocycles. The molecule has 0 aromatic heterocycles. The predicted molar refractivity (Wildman–Crippen MR) is 109 cm³/mol. The van der Waals surface area contributed by atoms with E-state index in [9.17, 15) is 4.79 Å². The first-order chi connectivity index (χ1) is 11.8. The minimum atomic E-state index is 0.188. The van der Waals surface area contributed by atoms with Crippen molar-refractivity contribution in [3.05, 3.63) is 34.9 Å². The summed E-state index contributed by atoms with van der Waals surface area (Å²) in [5.74, 6) is 0.188. The molecule has 142 valence electrons. The highest BCUT2D eigenvalue weighted by Gasteiger charge is 2.23. The molecule has 1 amide bonds. The van der Waals surface area contributed by atoms with Crippen molar-refractivity contribution in [2.75, 3.05) is 27.2 Å². The maximum absolute atomic E-state index is 12.5. The van der Waals surface area contributed by atoms with Gasteiger partial charge in [-0.1, -0.05) is 28.9 Å². The quantitative estimate of drug-likeness (QED) is 0.458. The average molecular weight is 347 g/mol. The van der Waals surface area contributed by atoms with Crippen molar-refractivity contribution in [1.29, 1.82) is 0 Å². The largest absolute Gasteiger partial charge is 0.338 e. The molecule has 0 radical (unpaired) electrons. The van der Waals surface area contributed by atoms with E-state index < -0.39 is 0 Å². The summed E-state index contributed by atoms with van der Waals surface area (Å²) in [5, 5.41) is 0. The van der Waals surface area contributed by atoms with Crippen LogP contribution in [0.1, 0.15) is 66.2 Å². The number of likely N-dealkylation sites (N-methyl/N-ethyl adjacent to an activating group) is 1. The van der Waals surface area contributed by atoms with Gasteiger partial charge in [0.15, 0.2) is 0 Å². The van der Waals surface area contributed by atoms with Gasteiger partial charge in [0.25, 0.3) is 0 Å². The summed E-state index contributed by atoms with van der Waals surface area (Å²) in [6.07, 6.45) is 13.0. The Balaban J connectivity index is 2.41. The first-order valence-electron chi connectivity index (χ1n) is 9.71. The number of carbonyl (C=O) groups is 1. The van der Waals surface area contributed by atoms with Crippen molar-refractivity contribution in [2.24, 2.45) is 0 Å². The molecular weight excluding hydrogens is 308 g/mol. The van der Waals surface area contributed by atoms with E-state index in [0.29, 0.717) is 6.04 Å². The Morgan fingerprint density at radius 2 is 1.68 bits per heavy atom. The monoisotopic (exact) mass is 346 g/mol. The van der Waals surface area contributed by atoms with Crippen molar-refractivity contribution < 1.29 is 4.79 Å². The Hall–Kier alpha value is -1.35. The molecule has 0 spiro atoms. The van der Waals surface area contributed by atoms with Crippen LogP contribution in [0.5, 0.6) is 0 Å². The highest BCUT2D eigenvalue weighted by Crippen LogP contribution is 2.16. The Bertz CT molecular complexity index is 510. The summed E-state index contributed by atoms with van der Waals surface area (Å²) in [4.78, 5) is 16.7. The topological polar surface area (TPSA) is 23.6 Å². The van der Waals surface area contributed by atoms with Gasteiger partial charge in [0, 0.05) is 25.2 Å². The summed E-state index contributed by atoms with van der Waals surface area (Å²) >= 11 is 0. The van der Waals surface area contributed by atoms with Crippen LogP contribution in [0, 0.1) is 0 Å². The van der Waals surface area contributed by atoms with E-state index >= 15 is 0 Å². The van der Waals surface area contributed by atoms with Gasteiger partial charge in [0.2, 0.25) is 5.91 Å². The lowest BCUT2D eigenvalue weighted by atomic mass is 10.0. The van der Waals surface area contributed by atoms with Crippen molar-refractivity contribution >= 4 is 5.91 Å². The van der Waals surface area contributed by atoms with Crippen LogP contribution in [0.25, 0.3) is 0 Å². The number of amides is 1. The predicted octanol–water partition coefficient (Wildman–Crippen LogP) is 4.96. The van der Waals surface area contributed by atoms with E-state index in [1.54, 1.807) is 0 Å². The summed E-state index contributed by atoms with van der Waals surface area (Å²) in [5.41, 5.74) is 4.02. The van der Waals surface area contributed by atoms with Gasteiger partial charge in [-0.2, -0.15) is 0 Å². The normalized spacial score (nSPS) is 19.3. The van der Waals surface area contributed by atoms with E-state index in [2.05, 4.69) is 58.8 Å². The molecule has 1 aliphatic rings. The molecule has 0 N–H and O–H groups in total. The minimum absolute atomic E-state index is 0.188. The van der Waals surface area contributed by atoms with Gasteiger partial charge >= 0.3 is 0 Å². The lowest BCUT2D eigenvalue weighted by molar-refractivity contribution is -0.127. The van der Waals surface area contributed by atoms with Crippen LogP contribution in [0.2, 0.25) is 0 Å². The van der Waals surface area contributed by atoms with Gasteiger partial charge in [0.05, 0.1) is 0 Å². The van der Waals surface area contributed by atoms with Gasteiger partial charge in [-0.15, -0.1) is 0 Å². The fraction of sp³-hybridized carbons (Fsp3) is 0.682. The van der Waals surface area contributed by atoms with E-state index in [4.69, 9.17) is 0 Å². The molecule has 0 bridgehead atoms. The second-order valence-corrected chi connectivity index (χ2v) is 7.94. The molecule has 0 aromatic carbocycles. The number of carbonyl (C=O) groups excluding carboxylic acids is 1. The number of rotatable bonds is 8. The summed E-state index contributed by atoms with van der Waals surface area (Å²) in [6, 6.07) is 0.498. The van der Waals surface area contributed by atoms with Crippen LogP contribution in [0.3, 0.4) is 0 Å². The zero-order valence-corrected chi connectivity index (χ0v) is 17.3. The van der Waals surface area contributed by atoms with Gasteiger partial charge in [0.1, 0.15) is 0 Å². The molecule has 1 fully saturated rings. The number of likely N-dealkylation sites (tertiary alicyclic amines) is 1. The van der Waals surface area contributed by atoms with E-state index in [-0.39, 0.29) is 5.91 Å². The highest BCUT2D eigenvalue weighted by molar-refractivity contribution is 5.88. The smallest absolute Gasteiger partial charge is 0.246 e. The second-order valence-electron chi connectivity index (χ2n) is 7.94. The molecule has 1 atom stereocenters. The third-order valence-electron chi connectivity index (χ3n) is 4.93. The van der Waals surface area contributed by atoms with Gasteiger partial charge in [-0.05, 0) is 80.3 Å². The molecule has 1 rings (SSSR count). The fourth-order valence-corrected chi connectivity index (χ4v) is 3.19. The zero-order chi connectivity index (χ0) is 18.8. The van der Waals surface area contributed by atoms with Crippen molar-refractivity contribution in [2.45, 2.75) is 72.3 Å². The third kappa shape index (κ3) is 9.06. The van der Waals surface area contributed by atoms with Crippen LogP contribution in [0.15, 0.2) is 34.9 Å². The lowest BCUT2D eigenvalue weighted by Crippen LogP contribution is -2.47. The van der Waals surface area contributed by atoms with Crippen molar-refractivity contribution in [3.8, 4) is 0 Å². The Morgan fingerprint density at radius 3 is 2.32 bits per heavy atom. The number of allylic oxidation sites excluding steroid dienone is 5. The van der Waals surface area contributed by atoms with Crippen molar-refractivity contribution in [3.63, 3.8) is 0 Å². The lowest BCUT2D eigenvalue weighted by Gasteiger charge is -2.35. The molecular formula is C22H38N2O. The number of hydrogen-bond acceptors (Lipinski definition) is 2. The first kappa shape index (κ1) is 21.7. The maximum Gasteiger partial charge on any atom is 0.246 e. The Labute approximate surface area is 155 Å². The second kappa shape index (κ2) is 11.3.